The molecule has 0 amide bonds. The Morgan fingerprint density at radius 2 is 1.79 bits per heavy atom. The minimum absolute atomic E-state index is 0.207. The van der Waals surface area contributed by atoms with Crippen LogP contribution in [0.3, 0.4) is 0 Å². The van der Waals surface area contributed by atoms with Gasteiger partial charge in [0.2, 0.25) is 10.0 Å². The zero-order chi connectivity index (χ0) is 13.9. The smallest absolute Gasteiger partial charge is 0.238 e. The monoisotopic (exact) mass is 282 g/mol. The number of benzene rings is 1. The standard InChI is InChI=1S/C14H22N2O2S/c1-2-16(13-9-7-12(11-15)8-10-13)19(17,18)14-5-3-4-6-14/h7-10,14H,2-6,11,15H2,1H3. The summed E-state index contributed by atoms with van der Waals surface area (Å²) >= 11 is 0. The summed E-state index contributed by atoms with van der Waals surface area (Å²) in [6.07, 6.45) is 3.63. The van der Waals surface area contributed by atoms with Crippen molar-refractivity contribution in [2.24, 2.45) is 5.73 Å². The summed E-state index contributed by atoms with van der Waals surface area (Å²) < 4.78 is 26.8. The van der Waals surface area contributed by atoms with E-state index in [1.807, 2.05) is 31.2 Å². The van der Waals surface area contributed by atoms with Gasteiger partial charge in [-0.1, -0.05) is 25.0 Å². The summed E-state index contributed by atoms with van der Waals surface area (Å²) in [6.45, 7) is 2.83. The van der Waals surface area contributed by atoms with E-state index in [0.29, 0.717) is 13.1 Å². The molecule has 2 rings (SSSR count). The molecular formula is C14H22N2O2S. The van der Waals surface area contributed by atoms with E-state index in [1.54, 1.807) is 0 Å². The predicted octanol–water partition coefficient (Wildman–Crippen LogP) is 2.24. The molecule has 0 radical (unpaired) electrons. The molecule has 1 aliphatic rings. The topological polar surface area (TPSA) is 63.4 Å². The molecule has 4 nitrogen and oxygen atoms in total. The van der Waals surface area contributed by atoms with Gasteiger partial charge in [0.05, 0.1) is 10.9 Å². The van der Waals surface area contributed by atoms with Crippen molar-refractivity contribution in [2.45, 2.75) is 44.4 Å². The zero-order valence-electron chi connectivity index (χ0n) is 11.4. The van der Waals surface area contributed by atoms with E-state index in [9.17, 15) is 8.42 Å². The van der Waals surface area contributed by atoms with Crippen LogP contribution in [0.15, 0.2) is 24.3 Å². The molecule has 0 bridgehead atoms. The van der Waals surface area contributed by atoms with E-state index >= 15 is 0 Å². The van der Waals surface area contributed by atoms with E-state index in [2.05, 4.69) is 0 Å². The van der Waals surface area contributed by atoms with Crippen LogP contribution in [0.1, 0.15) is 38.2 Å². The largest absolute Gasteiger partial charge is 0.326 e. The van der Waals surface area contributed by atoms with E-state index in [-0.39, 0.29) is 5.25 Å². The van der Waals surface area contributed by atoms with Gasteiger partial charge >= 0.3 is 0 Å². The maximum Gasteiger partial charge on any atom is 0.238 e. The molecule has 0 unspecified atom stereocenters. The molecule has 0 spiro atoms. The van der Waals surface area contributed by atoms with Crippen molar-refractivity contribution in [1.29, 1.82) is 0 Å². The Balaban J connectivity index is 2.27. The second-order valence-electron chi connectivity index (χ2n) is 4.99. The number of sulfonamides is 1. The minimum atomic E-state index is -3.22. The van der Waals surface area contributed by atoms with Crippen molar-refractivity contribution in [3.05, 3.63) is 29.8 Å². The fourth-order valence-corrected chi connectivity index (χ4v) is 4.74. The molecule has 2 N–H and O–H groups in total. The zero-order valence-corrected chi connectivity index (χ0v) is 12.2. The van der Waals surface area contributed by atoms with Crippen LogP contribution in [0.2, 0.25) is 0 Å². The van der Waals surface area contributed by atoms with Gasteiger partial charge in [0.15, 0.2) is 0 Å². The average Bonchev–Trinajstić information content (AvgIpc) is 2.95. The molecule has 19 heavy (non-hydrogen) atoms. The number of rotatable bonds is 5. The molecule has 0 heterocycles. The first-order valence-electron chi connectivity index (χ1n) is 6.90. The SMILES string of the molecule is CCN(c1ccc(CN)cc1)S(=O)(=O)C1CCCC1. The Morgan fingerprint density at radius 1 is 1.21 bits per heavy atom. The summed E-state index contributed by atoms with van der Waals surface area (Å²) in [7, 11) is -3.22. The van der Waals surface area contributed by atoms with Gasteiger partial charge in [-0.3, -0.25) is 4.31 Å². The third-order valence-electron chi connectivity index (χ3n) is 3.78. The van der Waals surface area contributed by atoms with Gasteiger partial charge in [-0.15, -0.1) is 0 Å². The molecule has 1 aliphatic carbocycles. The molecule has 0 aliphatic heterocycles. The lowest BCUT2D eigenvalue weighted by Gasteiger charge is -2.26. The van der Waals surface area contributed by atoms with Gasteiger partial charge in [-0.2, -0.15) is 0 Å². The molecule has 0 atom stereocenters. The highest BCUT2D eigenvalue weighted by Crippen LogP contribution is 2.30. The van der Waals surface area contributed by atoms with E-state index in [4.69, 9.17) is 5.73 Å². The Morgan fingerprint density at radius 3 is 2.26 bits per heavy atom. The molecule has 1 fully saturated rings. The van der Waals surface area contributed by atoms with Crippen molar-refractivity contribution < 1.29 is 8.42 Å². The maximum absolute atomic E-state index is 12.6. The van der Waals surface area contributed by atoms with Crippen molar-refractivity contribution in [1.82, 2.24) is 0 Å². The number of nitrogens with zero attached hydrogens (tertiary/aromatic N) is 1. The molecule has 0 aromatic heterocycles. The summed E-state index contributed by atoms with van der Waals surface area (Å²) in [5, 5.41) is -0.207. The highest BCUT2D eigenvalue weighted by Gasteiger charge is 2.33. The lowest BCUT2D eigenvalue weighted by Crippen LogP contribution is -2.37. The second kappa shape index (κ2) is 5.92. The lowest BCUT2D eigenvalue weighted by atomic mass is 10.2. The average molecular weight is 282 g/mol. The van der Waals surface area contributed by atoms with Crippen molar-refractivity contribution >= 4 is 15.7 Å². The highest BCUT2D eigenvalue weighted by molar-refractivity contribution is 7.93. The van der Waals surface area contributed by atoms with E-state index in [0.717, 1.165) is 36.9 Å². The summed E-state index contributed by atoms with van der Waals surface area (Å²) in [5.41, 5.74) is 7.32. The van der Waals surface area contributed by atoms with Gasteiger partial charge in [0.1, 0.15) is 0 Å². The van der Waals surface area contributed by atoms with Crippen molar-refractivity contribution in [2.75, 3.05) is 10.8 Å². The van der Waals surface area contributed by atoms with E-state index < -0.39 is 10.0 Å². The Labute approximate surface area is 115 Å². The van der Waals surface area contributed by atoms with E-state index in [1.165, 1.54) is 4.31 Å². The molecule has 106 valence electrons. The van der Waals surface area contributed by atoms with Gasteiger partial charge in [0.25, 0.3) is 0 Å². The van der Waals surface area contributed by atoms with Crippen LogP contribution in [-0.4, -0.2) is 20.2 Å². The number of nitrogens with two attached hydrogens (primary N) is 1. The Bertz CT molecular complexity index is 505. The van der Waals surface area contributed by atoms with Gasteiger partial charge in [-0.05, 0) is 37.5 Å². The molecule has 1 aromatic carbocycles. The van der Waals surface area contributed by atoms with Gasteiger partial charge < -0.3 is 5.73 Å². The lowest BCUT2D eigenvalue weighted by molar-refractivity contribution is 0.575. The third-order valence-corrected chi connectivity index (χ3v) is 6.18. The second-order valence-corrected chi connectivity index (χ2v) is 7.12. The summed E-state index contributed by atoms with van der Waals surface area (Å²) in [4.78, 5) is 0. The molecule has 1 aromatic rings. The summed E-state index contributed by atoms with van der Waals surface area (Å²) in [6, 6.07) is 7.47. The Hall–Kier alpha value is -1.07. The van der Waals surface area contributed by atoms with Crippen LogP contribution in [-0.2, 0) is 16.6 Å². The first-order valence-corrected chi connectivity index (χ1v) is 8.40. The number of anilines is 1. The molecule has 0 saturated heterocycles. The third kappa shape index (κ3) is 2.92. The first-order chi connectivity index (χ1) is 9.09. The molecule has 1 saturated carbocycles. The van der Waals surface area contributed by atoms with Crippen molar-refractivity contribution in [3.8, 4) is 0 Å². The van der Waals surface area contributed by atoms with Gasteiger partial charge in [0, 0.05) is 13.1 Å². The van der Waals surface area contributed by atoms with Crippen LogP contribution in [0, 0.1) is 0 Å². The maximum atomic E-state index is 12.6. The van der Waals surface area contributed by atoms with Crippen LogP contribution >= 0.6 is 0 Å². The first kappa shape index (κ1) is 14.3. The quantitative estimate of drug-likeness (QED) is 0.901. The fraction of sp³-hybridized carbons (Fsp3) is 0.571. The van der Waals surface area contributed by atoms with Crippen LogP contribution in [0.4, 0.5) is 5.69 Å². The van der Waals surface area contributed by atoms with Crippen LogP contribution in [0.5, 0.6) is 0 Å². The fourth-order valence-electron chi connectivity index (χ4n) is 2.67. The number of hydrogen-bond acceptors (Lipinski definition) is 3. The van der Waals surface area contributed by atoms with Crippen LogP contribution < -0.4 is 10.0 Å². The summed E-state index contributed by atoms with van der Waals surface area (Å²) in [5.74, 6) is 0. The van der Waals surface area contributed by atoms with Crippen molar-refractivity contribution in [3.63, 3.8) is 0 Å². The van der Waals surface area contributed by atoms with Crippen LogP contribution in [0.25, 0.3) is 0 Å². The normalized spacial score (nSPS) is 16.7. The molecular weight excluding hydrogens is 260 g/mol. The predicted molar refractivity (Wildman–Crippen MR) is 78.5 cm³/mol. The highest BCUT2D eigenvalue weighted by atomic mass is 32.2. The minimum Gasteiger partial charge on any atom is -0.326 e. The molecule has 5 heteroatoms. The number of hydrogen-bond donors (Lipinski definition) is 1. The van der Waals surface area contributed by atoms with Gasteiger partial charge in [-0.25, -0.2) is 8.42 Å². The Kier molecular flexibility index (Phi) is 4.47.